The summed E-state index contributed by atoms with van der Waals surface area (Å²) in [6.45, 7) is 7.44. The average molecular weight is 420 g/mol. The van der Waals surface area contributed by atoms with Gasteiger partial charge in [-0.15, -0.1) is 11.3 Å². The van der Waals surface area contributed by atoms with Crippen LogP contribution in [0.2, 0.25) is 5.02 Å². The summed E-state index contributed by atoms with van der Waals surface area (Å²) < 4.78 is 5.79. The van der Waals surface area contributed by atoms with Gasteiger partial charge in [0.25, 0.3) is 0 Å². The summed E-state index contributed by atoms with van der Waals surface area (Å²) in [6.07, 6.45) is 0.998. The first-order valence-electron chi connectivity index (χ1n) is 9.84. The van der Waals surface area contributed by atoms with Crippen LogP contribution in [-0.4, -0.2) is 73.0 Å². The van der Waals surface area contributed by atoms with Gasteiger partial charge in [0.1, 0.15) is 12.4 Å². The van der Waals surface area contributed by atoms with E-state index in [0.717, 1.165) is 58.0 Å². The number of rotatable bonds is 6. The van der Waals surface area contributed by atoms with E-state index in [2.05, 4.69) is 21.2 Å². The van der Waals surface area contributed by atoms with Crippen LogP contribution >= 0.6 is 22.9 Å². The molecular formula is C21H26ClN3O2S. The molecule has 2 aliphatic heterocycles. The number of thiophene rings is 1. The van der Waals surface area contributed by atoms with Crippen LogP contribution in [0.15, 0.2) is 35.7 Å². The van der Waals surface area contributed by atoms with Gasteiger partial charge in [-0.2, -0.15) is 0 Å². The molecule has 1 fully saturated rings. The van der Waals surface area contributed by atoms with E-state index >= 15 is 0 Å². The number of para-hydroxylation sites is 1. The minimum Gasteiger partial charge on any atom is -0.491 e. The largest absolute Gasteiger partial charge is 0.491 e. The highest BCUT2D eigenvalue weighted by Crippen LogP contribution is 2.24. The van der Waals surface area contributed by atoms with E-state index in [1.807, 2.05) is 40.5 Å². The number of carbonyl (C=O) groups excluding carboxylic acids is 1. The molecule has 0 unspecified atom stereocenters. The van der Waals surface area contributed by atoms with Gasteiger partial charge in [0.15, 0.2) is 0 Å². The Morgan fingerprint density at radius 3 is 2.68 bits per heavy atom. The van der Waals surface area contributed by atoms with Gasteiger partial charge in [0.05, 0.1) is 11.6 Å². The first-order valence-corrected chi connectivity index (χ1v) is 11.1. The van der Waals surface area contributed by atoms with Crippen molar-refractivity contribution in [1.82, 2.24) is 14.7 Å². The van der Waals surface area contributed by atoms with Gasteiger partial charge in [-0.05, 0) is 35.6 Å². The number of amides is 1. The smallest absolute Gasteiger partial charge is 0.237 e. The molecule has 0 radical (unpaired) electrons. The third-order valence-electron chi connectivity index (χ3n) is 5.49. The zero-order chi connectivity index (χ0) is 19.3. The van der Waals surface area contributed by atoms with E-state index < -0.39 is 0 Å². The van der Waals surface area contributed by atoms with Gasteiger partial charge in [-0.1, -0.05) is 23.7 Å². The van der Waals surface area contributed by atoms with Gasteiger partial charge in [-0.25, -0.2) is 0 Å². The number of hydrogen-bond acceptors (Lipinski definition) is 5. The molecule has 0 atom stereocenters. The summed E-state index contributed by atoms with van der Waals surface area (Å²) >= 11 is 7.93. The molecule has 0 spiro atoms. The molecule has 7 heteroatoms. The molecule has 2 aromatic rings. The van der Waals surface area contributed by atoms with E-state index in [-0.39, 0.29) is 5.91 Å². The van der Waals surface area contributed by atoms with Crippen molar-refractivity contribution in [3.63, 3.8) is 0 Å². The maximum Gasteiger partial charge on any atom is 0.237 e. The maximum atomic E-state index is 12.7. The van der Waals surface area contributed by atoms with Crippen LogP contribution < -0.4 is 4.74 Å². The highest BCUT2D eigenvalue weighted by Gasteiger charge is 2.25. The molecule has 1 aromatic carbocycles. The van der Waals surface area contributed by atoms with Gasteiger partial charge < -0.3 is 9.64 Å². The lowest BCUT2D eigenvalue weighted by atomic mass is 10.1. The van der Waals surface area contributed by atoms with E-state index in [4.69, 9.17) is 16.3 Å². The summed E-state index contributed by atoms with van der Waals surface area (Å²) in [6, 6.07) is 9.72. The summed E-state index contributed by atoms with van der Waals surface area (Å²) in [7, 11) is 0. The van der Waals surface area contributed by atoms with E-state index in [0.29, 0.717) is 18.2 Å². The summed E-state index contributed by atoms with van der Waals surface area (Å²) in [5.74, 6) is 0.996. The van der Waals surface area contributed by atoms with Gasteiger partial charge in [0.2, 0.25) is 5.91 Å². The molecule has 3 heterocycles. The summed E-state index contributed by atoms with van der Waals surface area (Å²) in [5.41, 5.74) is 1.33. The fourth-order valence-electron chi connectivity index (χ4n) is 3.77. The molecule has 5 nitrogen and oxygen atoms in total. The molecule has 1 saturated heterocycles. The van der Waals surface area contributed by atoms with Crippen LogP contribution in [0.25, 0.3) is 0 Å². The van der Waals surface area contributed by atoms with Crippen molar-refractivity contribution in [2.24, 2.45) is 0 Å². The quantitative estimate of drug-likeness (QED) is 0.721. The van der Waals surface area contributed by atoms with Crippen LogP contribution in [0, 0.1) is 0 Å². The molecular weight excluding hydrogens is 394 g/mol. The molecule has 150 valence electrons. The highest BCUT2D eigenvalue weighted by atomic mass is 35.5. The van der Waals surface area contributed by atoms with Crippen molar-refractivity contribution >= 4 is 28.8 Å². The Bertz CT molecular complexity index is 804. The second-order valence-corrected chi connectivity index (χ2v) is 8.74. The standard InChI is InChI=1S/C21H26ClN3O2S/c22-18-3-1-2-4-19(18)27-13-12-23-8-10-24(11-9-23)16-21(26)25-7-5-20-17(15-25)6-14-28-20/h1-4,6,14H,5,7-13,15-16H2. The van der Waals surface area contributed by atoms with E-state index in [1.165, 1.54) is 10.4 Å². The average Bonchev–Trinajstić information content (AvgIpc) is 3.18. The van der Waals surface area contributed by atoms with Crippen molar-refractivity contribution < 1.29 is 9.53 Å². The lowest BCUT2D eigenvalue weighted by Gasteiger charge is -2.36. The zero-order valence-electron chi connectivity index (χ0n) is 16.0. The van der Waals surface area contributed by atoms with Crippen LogP contribution in [0.3, 0.4) is 0 Å². The number of piperazine rings is 1. The number of carbonyl (C=O) groups is 1. The Morgan fingerprint density at radius 1 is 1.07 bits per heavy atom. The van der Waals surface area contributed by atoms with Gasteiger partial charge in [0, 0.05) is 50.7 Å². The minimum absolute atomic E-state index is 0.257. The fourth-order valence-corrected chi connectivity index (χ4v) is 4.85. The number of nitrogens with zero attached hydrogens (tertiary/aromatic N) is 3. The lowest BCUT2D eigenvalue weighted by molar-refractivity contribution is -0.133. The molecule has 0 saturated carbocycles. The number of hydrogen-bond donors (Lipinski definition) is 0. The third kappa shape index (κ3) is 4.87. The summed E-state index contributed by atoms with van der Waals surface area (Å²) in [5, 5.41) is 2.78. The molecule has 0 aliphatic carbocycles. The Kier molecular flexibility index (Phi) is 6.52. The predicted molar refractivity (Wildman–Crippen MR) is 113 cm³/mol. The van der Waals surface area contributed by atoms with E-state index in [9.17, 15) is 4.79 Å². The summed E-state index contributed by atoms with van der Waals surface area (Å²) in [4.78, 5) is 20.8. The molecule has 0 N–H and O–H groups in total. The maximum absolute atomic E-state index is 12.7. The van der Waals surface area contributed by atoms with Gasteiger partial charge in [-0.3, -0.25) is 14.6 Å². The zero-order valence-corrected chi connectivity index (χ0v) is 17.6. The van der Waals surface area contributed by atoms with Gasteiger partial charge >= 0.3 is 0 Å². The normalized spacial score (nSPS) is 18.1. The topological polar surface area (TPSA) is 36.0 Å². The number of benzene rings is 1. The fraction of sp³-hybridized carbons (Fsp3) is 0.476. The second-order valence-electron chi connectivity index (χ2n) is 7.33. The van der Waals surface area contributed by atoms with Crippen LogP contribution in [0.5, 0.6) is 5.75 Å². The number of ether oxygens (including phenoxy) is 1. The monoisotopic (exact) mass is 419 g/mol. The molecule has 2 aliphatic rings. The Morgan fingerprint density at radius 2 is 1.86 bits per heavy atom. The SMILES string of the molecule is O=C(CN1CCN(CCOc2ccccc2Cl)CC1)N1CCc2sccc2C1. The minimum atomic E-state index is 0.257. The number of fused-ring (bicyclic) bond motifs is 1. The van der Waals surface area contributed by atoms with Crippen molar-refractivity contribution in [2.45, 2.75) is 13.0 Å². The third-order valence-corrected chi connectivity index (χ3v) is 6.82. The molecule has 4 rings (SSSR count). The molecule has 1 amide bonds. The Labute approximate surface area is 175 Å². The first kappa shape index (κ1) is 19.7. The molecule has 1 aromatic heterocycles. The van der Waals surface area contributed by atoms with Crippen molar-refractivity contribution in [3.05, 3.63) is 51.2 Å². The second kappa shape index (κ2) is 9.27. The molecule has 28 heavy (non-hydrogen) atoms. The van der Waals surface area contributed by atoms with Crippen LogP contribution in [0.4, 0.5) is 0 Å². The lowest BCUT2D eigenvalue weighted by Crippen LogP contribution is -2.51. The van der Waals surface area contributed by atoms with Crippen molar-refractivity contribution in [2.75, 3.05) is 52.4 Å². The number of halogens is 1. The van der Waals surface area contributed by atoms with Crippen molar-refractivity contribution in [3.8, 4) is 5.75 Å². The predicted octanol–water partition coefficient (Wildman–Crippen LogP) is 2.98. The molecule has 0 bridgehead atoms. The Balaban J connectivity index is 1.16. The van der Waals surface area contributed by atoms with Crippen LogP contribution in [-0.2, 0) is 17.8 Å². The van der Waals surface area contributed by atoms with E-state index in [1.54, 1.807) is 0 Å². The van der Waals surface area contributed by atoms with Crippen molar-refractivity contribution in [1.29, 1.82) is 0 Å². The Hall–Kier alpha value is -1.60. The highest BCUT2D eigenvalue weighted by molar-refractivity contribution is 7.10. The first-order chi connectivity index (χ1) is 13.7. The van der Waals surface area contributed by atoms with Crippen LogP contribution in [0.1, 0.15) is 10.4 Å².